The second kappa shape index (κ2) is 7.09. The average Bonchev–Trinajstić information content (AvgIpc) is 2.32. The van der Waals surface area contributed by atoms with E-state index in [9.17, 15) is 4.79 Å². The van der Waals surface area contributed by atoms with Crippen LogP contribution in [0.1, 0.15) is 46.1 Å². The van der Waals surface area contributed by atoms with E-state index in [1.54, 1.807) is 0 Å². The van der Waals surface area contributed by atoms with Crippen molar-refractivity contribution in [3.63, 3.8) is 0 Å². The Balaban J connectivity index is 2.72. The summed E-state index contributed by atoms with van der Waals surface area (Å²) >= 11 is 5.99. The Labute approximate surface area is 127 Å². The molecule has 4 heteroatoms. The minimum absolute atomic E-state index is 0.138. The number of carbonyl (C=O) groups is 1. The van der Waals surface area contributed by atoms with Crippen LogP contribution in [-0.2, 0) is 11.3 Å². The topological polar surface area (TPSA) is 46.3 Å². The van der Waals surface area contributed by atoms with Gasteiger partial charge in [-0.2, -0.15) is 0 Å². The third-order valence-corrected chi connectivity index (χ3v) is 3.40. The highest BCUT2D eigenvalue weighted by Gasteiger charge is 2.20. The molecular weight excluding hydrogens is 272 g/mol. The summed E-state index contributed by atoms with van der Waals surface area (Å²) in [5.41, 5.74) is 6.68. The summed E-state index contributed by atoms with van der Waals surface area (Å²) in [6, 6.07) is 7.79. The normalized spacial score (nSPS) is 11.8. The maximum atomic E-state index is 12.4. The van der Waals surface area contributed by atoms with Crippen LogP contribution in [-0.4, -0.2) is 22.4 Å². The molecule has 0 saturated carbocycles. The van der Waals surface area contributed by atoms with E-state index < -0.39 is 0 Å². The molecule has 1 amide bonds. The molecule has 0 spiro atoms. The lowest BCUT2D eigenvalue weighted by atomic mass is 9.99. The van der Waals surface area contributed by atoms with Crippen molar-refractivity contribution in [2.24, 2.45) is 5.73 Å². The van der Waals surface area contributed by atoms with Gasteiger partial charge in [0.05, 0.1) is 0 Å². The quantitative estimate of drug-likeness (QED) is 0.872. The fourth-order valence-electron chi connectivity index (χ4n) is 1.96. The van der Waals surface area contributed by atoms with Gasteiger partial charge in [0.2, 0.25) is 5.91 Å². The molecule has 0 aliphatic heterocycles. The van der Waals surface area contributed by atoms with E-state index in [1.165, 1.54) is 0 Å². The van der Waals surface area contributed by atoms with Crippen LogP contribution in [0.4, 0.5) is 0 Å². The van der Waals surface area contributed by atoms with E-state index in [1.807, 2.05) is 56.9 Å². The Hall–Kier alpha value is -1.06. The molecule has 0 aliphatic carbocycles. The molecule has 0 radical (unpaired) electrons. The summed E-state index contributed by atoms with van der Waals surface area (Å²) in [5, 5.41) is 0.696. The van der Waals surface area contributed by atoms with Gasteiger partial charge in [-0.25, -0.2) is 0 Å². The monoisotopic (exact) mass is 296 g/mol. The maximum Gasteiger partial charge on any atom is 0.223 e. The van der Waals surface area contributed by atoms with Crippen molar-refractivity contribution in [2.45, 2.75) is 58.7 Å². The lowest BCUT2D eigenvalue weighted by Gasteiger charge is -2.28. The fraction of sp³-hybridized carbons (Fsp3) is 0.562. The molecular formula is C16H25ClN2O. The third-order valence-electron chi connectivity index (χ3n) is 3.17. The van der Waals surface area contributed by atoms with Gasteiger partial charge in [0.25, 0.3) is 0 Å². The summed E-state index contributed by atoms with van der Waals surface area (Å²) in [4.78, 5) is 14.2. The van der Waals surface area contributed by atoms with Gasteiger partial charge in [-0.05, 0) is 51.8 Å². The van der Waals surface area contributed by atoms with Crippen LogP contribution in [0.15, 0.2) is 24.3 Å². The minimum Gasteiger partial charge on any atom is -0.336 e. The average molecular weight is 297 g/mol. The van der Waals surface area contributed by atoms with Crippen LogP contribution in [0, 0.1) is 0 Å². The van der Waals surface area contributed by atoms with Gasteiger partial charge in [-0.3, -0.25) is 4.79 Å². The Kier molecular flexibility index (Phi) is 6.03. The van der Waals surface area contributed by atoms with Crippen molar-refractivity contribution in [3.8, 4) is 0 Å². The smallest absolute Gasteiger partial charge is 0.223 e. The summed E-state index contributed by atoms with van der Waals surface area (Å²) in [6.07, 6.45) is 1.16. The molecule has 0 saturated heterocycles. The predicted molar refractivity (Wildman–Crippen MR) is 84.6 cm³/mol. The number of nitrogens with zero attached hydrogens (tertiary/aromatic N) is 1. The molecule has 0 heterocycles. The molecule has 1 rings (SSSR count). The van der Waals surface area contributed by atoms with E-state index in [0.717, 1.165) is 5.56 Å². The lowest BCUT2D eigenvalue weighted by Crippen LogP contribution is -2.39. The van der Waals surface area contributed by atoms with Crippen molar-refractivity contribution < 1.29 is 4.79 Å². The molecule has 1 aromatic carbocycles. The molecule has 1 aromatic rings. The molecule has 3 nitrogen and oxygen atoms in total. The van der Waals surface area contributed by atoms with Crippen molar-refractivity contribution in [2.75, 3.05) is 0 Å². The second-order valence-corrected chi connectivity index (χ2v) is 6.67. The Morgan fingerprint density at radius 2 is 2.05 bits per heavy atom. The number of rotatable bonds is 6. The maximum absolute atomic E-state index is 12.4. The Bertz CT molecular complexity index is 452. The number of amides is 1. The molecule has 0 aliphatic rings. The molecule has 112 valence electrons. The predicted octanol–water partition coefficient (Wildman–Crippen LogP) is 3.59. The van der Waals surface area contributed by atoms with Crippen molar-refractivity contribution in [1.29, 1.82) is 0 Å². The van der Waals surface area contributed by atoms with E-state index in [4.69, 9.17) is 17.3 Å². The molecule has 0 bridgehead atoms. The molecule has 0 fully saturated rings. The second-order valence-electron chi connectivity index (χ2n) is 6.23. The molecule has 2 N–H and O–H groups in total. The van der Waals surface area contributed by atoms with Gasteiger partial charge in [0, 0.05) is 29.6 Å². The van der Waals surface area contributed by atoms with Gasteiger partial charge < -0.3 is 10.6 Å². The zero-order chi connectivity index (χ0) is 15.3. The number of nitrogens with two attached hydrogens (primary N) is 1. The van der Waals surface area contributed by atoms with E-state index in [-0.39, 0.29) is 17.5 Å². The van der Waals surface area contributed by atoms with E-state index in [0.29, 0.717) is 24.4 Å². The van der Waals surface area contributed by atoms with Gasteiger partial charge in [0.1, 0.15) is 0 Å². The number of carbonyl (C=O) groups excluding carboxylic acids is 1. The standard InChI is InChI=1S/C16H25ClN2O/c1-12(2)19(15(20)8-9-16(3,4)18)11-13-6-5-7-14(17)10-13/h5-7,10,12H,8-9,11,18H2,1-4H3. The van der Waals surface area contributed by atoms with Gasteiger partial charge in [-0.1, -0.05) is 23.7 Å². The first-order chi connectivity index (χ1) is 9.19. The van der Waals surface area contributed by atoms with Gasteiger partial charge in [0.15, 0.2) is 0 Å². The summed E-state index contributed by atoms with van der Waals surface area (Å²) < 4.78 is 0. The van der Waals surface area contributed by atoms with Crippen molar-refractivity contribution >= 4 is 17.5 Å². The van der Waals surface area contributed by atoms with E-state index in [2.05, 4.69) is 0 Å². The van der Waals surface area contributed by atoms with E-state index >= 15 is 0 Å². The van der Waals surface area contributed by atoms with Crippen LogP contribution >= 0.6 is 11.6 Å². The largest absolute Gasteiger partial charge is 0.336 e. The molecule has 0 unspecified atom stereocenters. The summed E-state index contributed by atoms with van der Waals surface area (Å²) in [6.45, 7) is 8.52. The molecule has 0 atom stereocenters. The highest BCUT2D eigenvalue weighted by Crippen LogP contribution is 2.16. The SMILES string of the molecule is CC(C)N(Cc1cccc(Cl)c1)C(=O)CCC(C)(C)N. The Morgan fingerprint density at radius 1 is 1.40 bits per heavy atom. The number of hydrogen-bond acceptors (Lipinski definition) is 2. The molecule has 0 aromatic heterocycles. The highest BCUT2D eigenvalue weighted by molar-refractivity contribution is 6.30. The van der Waals surface area contributed by atoms with Crippen molar-refractivity contribution in [1.82, 2.24) is 4.90 Å². The minimum atomic E-state index is -0.311. The zero-order valence-corrected chi connectivity index (χ0v) is 13.6. The number of benzene rings is 1. The first kappa shape index (κ1) is 17.0. The first-order valence-electron chi connectivity index (χ1n) is 7.02. The van der Waals surface area contributed by atoms with Crippen LogP contribution < -0.4 is 5.73 Å². The van der Waals surface area contributed by atoms with Crippen LogP contribution in [0.2, 0.25) is 5.02 Å². The first-order valence-corrected chi connectivity index (χ1v) is 7.39. The highest BCUT2D eigenvalue weighted by atomic mass is 35.5. The number of hydrogen-bond donors (Lipinski definition) is 1. The summed E-state index contributed by atoms with van der Waals surface area (Å²) in [5.74, 6) is 0.138. The summed E-state index contributed by atoms with van der Waals surface area (Å²) in [7, 11) is 0. The number of halogens is 1. The van der Waals surface area contributed by atoms with Gasteiger partial charge in [-0.15, -0.1) is 0 Å². The van der Waals surface area contributed by atoms with Crippen LogP contribution in [0.3, 0.4) is 0 Å². The lowest BCUT2D eigenvalue weighted by molar-refractivity contribution is -0.133. The van der Waals surface area contributed by atoms with Crippen LogP contribution in [0.5, 0.6) is 0 Å². The van der Waals surface area contributed by atoms with Crippen molar-refractivity contribution in [3.05, 3.63) is 34.9 Å². The Morgan fingerprint density at radius 3 is 2.55 bits per heavy atom. The molecule has 20 heavy (non-hydrogen) atoms. The van der Waals surface area contributed by atoms with Crippen LogP contribution in [0.25, 0.3) is 0 Å². The van der Waals surface area contributed by atoms with Gasteiger partial charge >= 0.3 is 0 Å². The fourth-order valence-corrected chi connectivity index (χ4v) is 2.18. The third kappa shape index (κ3) is 5.93. The zero-order valence-electron chi connectivity index (χ0n) is 12.8.